The molecular formula is C7H13NO3S. The second-order valence-corrected chi connectivity index (χ2v) is 2.98. The Morgan fingerprint density at radius 1 is 1.58 bits per heavy atom. The largest absolute Gasteiger partial charge is 0.467 e. The SMILES string of the molecule is COC(=O)[C@](C)(CS)NC(C)=O. The summed E-state index contributed by atoms with van der Waals surface area (Å²) in [5.41, 5.74) is -1.02. The van der Waals surface area contributed by atoms with Crippen LogP contribution in [0.5, 0.6) is 0 Å². The van der Waals surface area contributed by atoms with Gasteiger partial charge in [-0.25, -0.2) is 4.79 Å². The summed E-state index contributed by atoms with van der Waals surface area (Å²) in [6.45, 7) is 2.90. The van der Waals surface area contributed by atoms with Crippen LogP contribution in [0, 0.1) is 0 Å². The average Bonchev–Trinajstić information content (AvgIpc) is 2.01. The molecule has 0 aromatic carbocycles. The molecule has 0 saturated heterocycles. The number of amides is 1. The summed E-state index contributed by atoms with van der Waals surface area (Å²) < 4.78 is 4.50. The molecule has 0 spiro atoms. The van der Waals surface area contributed by atoms with Gasteiger partial charge < -0.3 is 10.1 Å². The molecule has 0 fully saturated rings. The minimum Gasteiger partial charge on any atom is -0.467 e. The Labute approximate surface area is 77.1 Å². The Hall–Kier alpha value is -0.710. The van der Waals surface area contributed by atoms with Crippen molar-refractivity contribution in [3.05, 3.63) is 0 Å². The lowest BCUT2D eigenvalue weighted by atomic mass is 10.1. The third-order valence-corrected chi connectivity index (χ3v) is 2.04. The minimum atomic E-state index is -1.02. The predicted octanol–water partition coefficient (Wildman–Crippen LogP) is -0.0160. The van der Waals surface area contributed by atoms with E-state index in [1.54, 1.807) is 6.92 Å². The summed E-state index contributed by atoms with van der Waals surface area (Å²) in [4.78, 5) is 21.8. The second-order valence-electron chi connectivity index (χ2n) is 2.66. The summed E-state index contributed by atoms with van der Waals surface area (Å²) in [6, 6.07) is 0. The monoisotopic (exact) mass is 191 g/mol. The Balaban J connectivity index is 4.44. The van der Waals surface area contributed by atoms with E-state index in [2.05, 4.69) is 22.7 Å². The molecule has 0 saturated carbocycles. The maximum Gasteiger partial charge on any atom is 0.332 e. The maximum atomic E-state index is 11.1. The number of carbonyl (C=O) groups is 2. The van der Waals surface area contributed by atoms with Gasteiger partial charge in [0.2, 0.25) is 5.91 Å². The van der Waals surface area contributed by atoms with Crippen LogP contribution in [0.25, 0.3) is 0 Å². The molecule has 1 amide bonds. The van der Waals surface area contributed by atoms with Gasteiger partial charge in [0.05, 0.1) is 7.11 Å². The van der Waals surface area contributed by atoms with E-state index < -0.39 is 11.5 Å². The van der Waals surface area contributed by atoms with Crippen molar-refractivity contribution >= 4 is 24.5 Å². The number of hydrogen-bond donors (Lipinski definition) is 2. The van der Waals surface area contributed by atoms with Crippen molar-refractivity contribution < 1.29 is 14.3 Å². The van der Waals surface area contributed by atoms with Gasteiger partial charge in [-0.2, -0.15) is 12.6 Å². The zero-order valence-electron chi connectivity index (χ0n) is 7.38. The summed E-state index contributed by atoms with van der Waals surface area (Å²) >= 11 is 3.95. The zero-order valence-corrected chi connectivity index (χ0v) is 8.27. The topological polar surface area (TPSA) is 55.4 Å². The summed E-state index contributed by atoms with van der Waals surface area (Å²) in [6.07, 6.45) is 0. The fraction of sp³-hybridized carbons (Fsp3) is 0.714. The van der Waals surface area contributed by atoms with Crippen molar-refractivity contribution in [2.24, 2.45) is 0 Å². The van der Waals surface area contributed by atoms with Crippen molar-refractivity contribution in [2.75, 3.05) is 12.9 Å². The lowest BCUT2D eigenvalue weighted by Crippen LogP contribution is -2.53. The molecular weight excluding hydrogens is 178 g/mol. The maximum absolute atomic E-state index is 11.1. The second kappa shape index (κ2) is 4.35. The van der Waals surface area contributed by atoms with E-state index >= 15 is 0 Å². The molecule has 12 heavy (non-hydrogen) atoms. The minimum absolute atomic E-state index is 0.208. The quantitative estimate of drug-likeness (QED) is 0.487. The number of esters is 1. The number of nitrogens with one attached hydrogen (secondary N) is 1. The zero-order chi connectivity index (χ0) is 9.78. The van der Waals surface area contributed by atoms with Gasteiger partial charge in [0.1, 0.15) is 5.54 Å². The number of ether oxygens (including phenoxy) is 1. The van der Waals surface area contributed by atoms with E-state index in [1.165, 1.54) is 14.0 Å². The third kappa shape index (κ3) is 2.73. The molecule has 0 unspecified atom stereocenters. The standard InChI is InChI=1S/C7H13NO3S/c1-5(9)8-7(2,4-12)6(10)11-3/h12H,4H2,1-3H3,(H,8,9)/t7-/m0/s1. The Kier molecular flexibility index (Phi) is 4.09. The first-order chi connectivity index (χ1) is 5.46. The van der Waals surface area contributed by atoms with Gasteiger partial charge in [-0.05, 0) is 6.92 Å². The van der Waals surface area contributed by atoms with Gasteiger partial charge in [-0.1, -0.05) is 0 Å². The van der Waals surface area contributed by atoms with Gasteiger partial charge in [-0.15, -0.1) is 0 Å². The van der Waals surface area contributed by atoms with E-state index in [9.17, 15) is 9.59 Å². The highest BCUT2D eigenvalue weighted by Gasteiger charge is 2.33. The van der Waals surface area contributed by atoms with E-state index in [1.807, 2.05) is 0 Å². The molecule has 0 aliphatic carbocycles. The summed E-state index contributed by atoms with van der Waals surface area (Å²) in [5.74, 6) is -0.566. The molecule has 4 nitrogen and oxygen atoms in total. The Morgan fingerprint density at radius 2 is 2.08 bits per heavy atom. The molecule has 0 aliphatic rings. The normalized spacial score (nSPS) is 14.7. The molecule has 0 rings (SSSR count). The number of carbonyl (C=O) groups excluding carboxylic acids is 2. The van der Waals surface area contributed by atoms with Crippen LogP contribution in [-0.2, 0) is 14.3 Å². The lowest BCUT2D eigenvalue weighted by Gasteiger charge is -2.24. The molecule has 1 N–H and O–H groups in total. The van der Waals surface area contributed by atoms with Gasteiger partial charge in [0, 0.05) is 12.7 Å². The van der Waals surface area contributed by atoms with Gasteiger partial charge in [0.15, 0.2) is 0 Å². The van der Waals surface area contributed by atoms with E-state index in [0.717, 1.165) is 0 Å². The highest BCUT2D eigenvalue weighted by Crippen LogP contribution is 2.07. The average molecular weight is 191 g/mol. The first-order valence-corrected chi connectivity index (χ1v) is 4.07. The van der Waals surface area contributed by atoms with Crippen LogP contribution in [0.2, 0.25) is 0 Å². The number of hydrogen-bond acceptors (Lipinski definition) is 4. The van der Waals surface area contributed by atoms with E-state index in [0.29, 0.717) is 0 Å². The van der Waals surface area contributed by atoms with Crippen molar-refractivity contribution in [2.45, 2.75) is 19.4 Å². The predicted molar refractivity (Wildman–Crippen MR) is 48.1 cm³/mol. The van der Waals surface area contributed by atoms with Crippen LogP contribution in [-0.4, -0.2) is 30.3 Å². The lowest BCUT2D eigenvalue weighted by molar-refractivity contribution is -0.148. The van der Waals surface area contributed by atoms with E-state index in [4.69, 9.17) is 0 Å². The molecule has 0 aromatic rings. The molecule has 0 radical (unpaired) electrons. The summed E-state index contributed by atoms with van der Waals surface area (Å²) in [5, 5.41) is 2.47. The van der Waals surface area contributed by atoms with Crippen LogP contribution in [0.15, 0.2) is 0 Å². The fourth-order valence-corrected chi connectivity index (χ4v) is 0.977. The molecule has 1 atom stereocenters. The van der Waals surface area contributed by atoms with Gasteiger partial charge in [0.25, 0.3) is 0 Å². The van der Waals surface area contributed by atoms with Crippen LogP contribution < -0.4 is 5.32 Å². The molecule has 5 heteroatoms. The number of methoxy groups -OCH3 is 1. The molecule has 0 aliphatic heterocycles. The van der Waals surface area contributed by atoms with Crippen LogP contribution in [0.4, 0.5) is 0 Å². The van der Waals surface area contributed by atoms with Crippen LogP contribution in [0.1, 0.15) is 13.8 Å². The van der Waals surface area contributed by atoms with Crippen molar-refractivity contribution in [3.63, 3.8) is 0 Å². The first-order valence-electron chi connectivity index (χ1n) is 3.44. The smallest absolute Gasteiger partial charge is 0.332 e. The molecule has 0 bridgehead atoms. The third-order valence-electron chi connectivity index (χ3n) is 1.40. The number of rotatable bonds is 3. The highest BCUT2D eigenvalue weighted by atomic mass is 32.1. The summed E-state index contributed by atoms with van der Waals surface area (Å²) in [7, 11) is 1.27. The number of thiol groups is 1. The Bertz CT molecular complexity index is 195. The highest BCUT2D eigenvalue weighted by molar-refractivity contribution is 7.80. The molecule has 0 heterocycles. The van der Waals surface area contributed by atoms with Crippen molar-refractivity contribution in [3.8, 4) is 0 Å². The molecule has 0 aromatic heterocycles. The van der Waals surface area contributed by atoms with Crippen LogP contribution in [0.3, 0.4) is 0 Å². The first kappa shape index (κ1) is 11.3. The van der Waals surface area contributed by atoms with Gasteiger partial charge >= 0.3 is 5.97 Å². The van der Waals surface area contributed by atoms with Crippen molar-refractivity contribution in [1.82, 2.24) is 5.32 Å². The van der Waals surface area contributed by atoms with E-state index in [-0.39, 0.29) is 11.7 Å². The Morgan fingerprint density at radius 3 is 2.33 bits per heavy atom. The van der Waals surface area contributed by atoms with Crippen molar-refractivity contribution in [1.29, 1.82) is 0 Å². The molecule has 70 valence electrons. The van der Waals surface area contributed by atoms with Gasteiger partial charge in [-0.3, -0.25) is 4.79 Å². The fourth-order valence-electron chi connectivity index (χ4n) is 0.769. The van der Waals surface area contributed by atoms with Crippen LogP contribution >= 0.6 is 12.6 Å².